The Bertz CT molecular complexity index is 950. The maximum absolute atomic E-state index is 14.1. The van der Waals surface area contributed by atoms with Gasteiger partial charge >= 0.3 is 0 Å². The van der Waals surface area contributed by atoms with Crippen molar-refractivity contribution >= 4 is 42.5 Å². The summed E-state index contributed by atoms with van der Waals surface area (Å²) < 4.78 is 7.66. The van der Waals surface area contributed by atoms with Crippen molar-refractivity contribution in [1.29, 1.82) is 0 Å². The molecule has 1 aromatic carbocycles. The normalized spacial score (nSPS) is 27.4. The van der Waals surface area contributed by atoms with Crippen LogP contribution in [0.4, 0.5) is 5.69 Å². The van der Waals surface area contributed by atoms with Gasteiger partial charge in [-0.2, -0.15) is 0 Å². The van der Waals surface area contributed by atoms with Crippen LogP contribution in [0.25, 0.3) is 0 Å². The number of allylic oxidation sites excluding steroid dienone is 3. The number of carbonyl (C=O) groups is 1. The SMILES string of the molecule is CC(C)=CCC/C(C)=C/CN1C(=O)[C@]2(O[C@H](CCO)[C@@H]([Si](C)(C)O)[C@@H]2C)c2cc(I)ccc21. The Balaban J connectivity index is 1.99. The van der Waals surface area contributed by atoms with E-state index in [2.05, 4.69) is 61.6 Å². The standard InChI is InChI=1S/C26H38INO4Si/c1-17(2)8-7-9-18(3)12-14-28-22-11-10-20(27)16-21(22)26(25(28)30)19(4)24(33(5,6)31)23(32-26)13-15-29/h8,10-12,16,19,23-24,29,31H,7,9,13-15H2,1-6H3/b18-12+/t19-,23+,24-,26+/m0/s1. The van der Waals surface area contributed by atoms with Crippen LogP contribution < -0.4 is 4.90 Å². The zero-order valence-electron chi connectivity index (χ0n) is 20.7. The summed E-state index contributed by atoms with van der Waals surface area (Å²) in [6, 6.07) is 6.10. The van der Waals surface area contributed by atoms with Gasteiger partial charge in [0, 0.05) is 33.7 Å². The molecule has 1 fully saturated rings. The van der Waals surface area contributed by atoms with Crippen molar-refractivity contribution in [2.24, 2.45) is 5.92 Å². The molecule has 7 heteroatoms. The molecule has 1 amide bonds. The Morgan fingerprint density at radius 1 is 1.27 bits per heavy atom. The lowest BCUT2D eigenvalue weighted by Gasteiger charge is -2.32. The number of benzene rings is 1. The van der Waals surface area contributed by atoms with Gasteiger partial charge in [-0.15, -0.1) is 0 Å². The zero-order valence-corrected chi connectivity index (χ0v) is 23.8. The van der Waals surface area contributed by atoms with Crippen LogP contribution in [-0.4, -0.2) is 43.4 Å². The van der Waals surface area contributed by atoms with Crippen LogP contribution >= 0.6 is 22.6 Å². The summed E-state index contributed by atoms with van der Waals surface area (Å²) in [5.41, 5.74) is 3.11. The van der Waals surface area contributed by atoms with Crippen LogP contribution in [0, 0.1) is 9.49 Å². The molecule has 5 nitrogen and oxygen atoms in total. The molecule has 1 spiro atoms. The Morgan fingerprint density at radius 3 is 2.58 bits per heavy atom. The van der Waals surface area contributed by atoms with E-state index in [1.165, 1.54) is 11.1 Å². The minimum atomic E-state index is -2.65. The molecule has 182 valence electrons. The topological polar surface area (TPSA) is 70.0 Å². The quantitative estimate of drug-likeness (QED) is 0.241. The number of anilines is 1. The Labute approximate surface area is 213 Å². The van der Waals surface area contributed by atoms with E-state index in [1.807, 2.05) is 37.1 Å². The summed E-state index contributed by atoms with van der Waals surface area (Å²) in [5, 5.41) is 9.68. The minimum Gasteiger partial charge on any atom is -0.432 e. The number of rotatable bonds is 8. The minimum absolute atomic E-state index is 0.0286. The molecule has 0 unspecified atom stereocenters. The van der Waals surface area contributed by atoms with Gasteiger partial charge in [0.15, 0.2) is 13.9 Å². The molecule has 2 aliphatic heterocycles. The van der Waals surface area contributed by atoms with Gasteiger partial charge in [-0.3, -0.25) is 4.79 Å². The van der Waals surface area contributed by atoms with Crippen LogP contribution in [0.1, 0.15) is 52.5 Å². The fourth-order valence-corrected chi connectivity index (χ4v) is 8.66. The number of amides is 1. The molecule has 4 atom stereocenters. The van der Waals surface area contributed by atoms with Crippen LogP contribution in [0.2, 0.25) is 18.6 Å². The largest absolute Gasteiger partial charge is 0.432 e. The Morgan fingerprint density at radius 2 is 1.97 bits per heavy atom. The third kappa shape index (κ3) is 5.17. The summed E-state index contributed by atoms with van der Waals surface area (Å²) >= 11 is 2.28. The van der Waals surface area contributed by atoms with Gasteiger partial charge in [-0.1, -0.05) is 30.2 Å². The van der Waals surface area contributed by atoms with Crippen molar-refractivity contribution < 1.29 is 19.4 Å². The molecule has 0 aliphatic carbocycles. The predicted octanol–water partition coefficient (Wildman–Crippen LogP) is 5.51. The first-order valence-electron chi connectivity index (χ1n) is 11.9. The molecule has 0 saturated carbocycles. The number of aliphatic hydroxyl groups is 1. The van der Waals surface area contributed by atoms with Crippen molar-refractivity contribution in [1.82, 2.24) is 0 Å². The lowest BCUT2D eigenvalue weighted by molar-refractivity contribution is -0.146. The summed E-state index contributed by atoms with van der Waals surface area (Å²) in [7, 11) is -2.65. The van der Waals surface area contributed by atoms with E-state index >= 15 is 0 Å². The molecule has 1 aromatic rings. The third-order valence-electron chi connectivity index (χ3n) is 7.07. The van der Waals surface area contributed by atoms with Crippen LogP contribution in [0.3, 0.4) is 0 Å². The van der Waals surface area contributed by atoms with Crippen molar-refractivity contribution in [3.05, 3.63) is 50.6 Å². The van der Waals surface area contributed by atoms with Gasteiger partial charge in [0.2, 0.25) is 0 Å². The van der Waals surface area contributed by atoms with Gasteiger partial charge < -0.3 is 19.5 Å². The lowest BCUT2D eigenvalue weighted by Crippen LogP contribution is -2.46. The average Bonchev–Trinajstić information content (AvgIpc) is 3.13. The molecule has 3 rings (SSSR count). The molecule has 2 N–H and O–H groups in total. The zero-order chi connectivity index (χ0) is 24.6. The molecule has 0 bridgehead atoms. The smallest absolute Gasteiger partial charge is 0.264 e. The van der Waals surface area contributed by atoms with Gasteiger partial charge in [0.05, 0.1) is 11.8 Å². The van der Waals surface area contributed by atoms with E-state index in [0.717, 1.165) is 27.7 Å². The maximum Gasteiger partial charge on any atom is 0.264 e. The lowest BCUT2D eigenvalue weighted by atomic mass is 9.82. The summed E-state index contributed by atoms with van der Waals surface area (Å²) in [6.45, 7) is 12.7. The van der Waals surface area contributed by atoms with E-state index in [4.69, 9.17) is 4.74 Å². The van der Waals surface area contributed by atoms with Crippen LogP contribution in [0.5, 0.6) is 0 Å². The van der Waals surface area contributed by atoms with Crippen molar-refractivity contribution in [2.75, 3.05) is 18.1 Å². The molecular weight excluding hydrogens is 545 g/mol. The monoisotopic (exact) mass is 583 g/mol. The van der Waals surface area contributed by atoms with E-state index in [0.29, 0.717) is 13.0 Å². The number of hydrogen-bond acceptors (Lipinski definition) is 4. The summed E-state index contributed by atoms with van der Waals surface area (Å²) in [6.07, 6.45) is 6.43. The van der Waals surface area contributed by atoms with E-state index < -0.39 is 13.9 Å². The summed E-state index contributed by atoms with van der Waals surface area (Å²) in [5.74, 6) is -0.234. The fraction of sp³-hybridized carbons (Fsp3) is 0.577. The van der Waals surface area contributed by atoms with E-state index in [1.54, 1.807) is 0 Å². The highest BCUT2D eigenvalue weighted by Gasteiger charge is 2.66. The maximum atomic E-state index is 14.1. The van der Waals surface area contributed by atoms with Crippen molar-refractivity contribution in [3.8, 4) is 0 Å². The number of fused-ring (bicyclic) bond motifs is 2. The van der Waals surface area contributed by atoms with E-state index in [9.17, 15) is 14.7 Å². The fourth-order valence-electron chi connectivity index (χ4n) is 5.57. The van der Waals surface area contributed by atoms with Crippen molar-refractivity contribution in [2.45, 2.75) is 77.3 Å². The summed E-state index contributed by atoms with van der Waals surface area (Å²) in [4.78, 5) is 27.0. The molecule has 2 heterocycles. The highest BCUT2D eigenvalue weighted by Crippen LogP contribution is 2.59. The average molecular weight is 584 g/mol. The number of carbonyl (C=O) groups excluding carboxylic acids is 1. The number of aliphatic hydroxyl groups excluding tert-OH is 1. The molecule has 1 saturated heterocycles. The second-order valence-corrected chi connectivity index (χ2v) is 15.5. The van der Waals surface area contributed by atoms with Gasteiger partial charge in [0.25, 0.3) is 5.91 Å². The highest BCUT2D eigenvalue weighted by atomic mass is 127. The number of halogens is 1. The van der Waals surface area contributed by atoms with Crippen LogP contribution in [0.15, 0.2) is 41.5 Å². The first-order chi connectivity index (χ1) is 15.4. The number of nitrogens with zero attached hydrogens (tertiary/aromatic N) is 1. The predicted molar refractivity (Wildman–Crippen MR) is 145 cm³/mol. The number of ether oxygens (including phenoxy) is 1. The molecule has 2 aliphatic rings. The molecule has 0 aromatic heterocycles. The molecule has 0 radical (unpaired) electrons. The second-order valence-electron chi connectivity index (χ2n) is 10.3. The Kier molecular flexibility index (Phi) is 8.32. The molecular formula is C26H38INO4Si. The van der Waals surface area contributed by atoms with Crippen LogP contribution in [-0.2, 0) is 15.1 Å². The first kappa shape index (κ1) is 26.6. The van der Waals surface area contributed by atoms with Gasteiger partial charge in [0.1, 0.15) is 0 Å². The number of hydrogen-bond donors (Lipinski definition) is 2. The first-order valence-corrected chi connectivity index (χ1v) is 16.0. The molecule has 33 heavy (non-hydrogen) atoms. The van der Waals surface area contributed by atoms with E-state index in [-0.39, 0.29) is 30.1 Å². The van der Waals surface area contributed by atoms with Gasteiger partial charge in [-0.05, 0) is 93.9 Å². The highest BCUT2D eigenvalue weighted by molar-refractivity contribution is 14.1. The second kappa shape index (κ2) is 10.3. The third-order valence-corrected chi connectivity index (χ3v) is 10.2. The Hall–Kier alpha value is -1.00. The van der Waals surface area contributed by atoms with Gasteiger partial charge in [-0.25, -0.2) is 0 Å². The van der Waals surface area contributed by atoms with Crippen molar-refractivity contribution in [3.63, 3.8) is 0 Å².